The third-order valence-electron chi connectivity index (χ3n) is 8.09. The molecule has 5 aromatic rings. The molecule has 0 radical (unpaired) electrons. The Morgan fingerprint density at radius 3 is 2.14 bits per heavy atom. The largest absolute Gasteiger partial charge is 0.292 e. The van der Waals surface area contributed by atoms with Crippen LogP contribution in [0.4, 0.5) is 17.2 Å². The van der Waals surface area contributed by atoms with Gasteiger partial charge >= 0.3 is 0 Å². The van der Waals surface area contributed by atoms with Gasteiger partial charge in [-0.1, -0.05) is 98.4 Å². The molecule has 0 saturated heterocycles. The highest BCUT2D eigenvalue weighted by Gasteiger charge is 2.53. The lowest BCUT2D eigenvalue weighted by atomic mass is 9.65. The van der Waals surface area contributed by atoms with Crippen LogP contribution in [0.5, 0.6) is 0 Å². The molecule has 1 aromatic heterocycles. The van der Waals surface area contributed by atoms with Crippen molar-refractivity contribution in [3.05, 3.63) is 131 Å². The van der Waals surface area contributed by atoms with Crippen molar-refractivity contribution in [1.82, 2.24) is 4.98 Å². The topological polar surface area (TPSA) is 16.1 Å². The maximum Gasteiger partial charge on any atom is 0.142 e. The van der Waals surface area contributed by atoms with Crippen molar-refractivity contribution in [3.8, 4) is 11.1 Å². The summed E-state index contributed by atoms with van der Waals surface area (Å²) in [6, 6.07) is 36.1. The van der Waals surface area contributed by atoms with Crippen LogP contribution in [-0.4, -0.2) is 4.98 Å². The van der Waals surface area contributed by atoms with E-state index in [4.69, 9.17) is 4.98 Å². The molecule has 0 unspecified atom stereocenters. The van der Waals surface area contributed by atoms with Gasteiger partial charge in [0, 0.05) is 21.6 Å². The van der Waals surface area contributed by atoms with Gasteiger partial charge in [0.05, 0.1) is 16.8 Å². The predicted octanol–water partition coefficient (Wildman–Crippen LogP) is 8.82. The molecule has 3 heteroatoms. The van der Waals surface area contributed by atoms with Crippen LogP contribution in [0.1, 0.15) is 47.6 Å². The number of para-hydroxylation sites is 1. The average molecular weight is 481 g/mol. The first kappa shape index (κ1) is 20.4. The molecule has 2 aliphatic heterocycles. The Balaban J connectivity index is 1.54. The van der Waals surface area contributed by atoms with E-state index in [0.29, 0.717) is 5.92 Å². The van der Waals surface area contributed by atoms with E-state index in [2.05, 4.69) is 116 Å². The minimum Gasteiger partial charge on any atom is -0.292 e. The van der Waals surface area contributed by atoms with Gasteiger partial charge < -0.3 is 0 Å². The molecule has 2 nitrogen and oxygen atoms in total. The van der Waals surface area contributed by atoms with Gasteiger partial charge in [-0.25, -0.2) is 4.98 Å². The number of hydrogen-bond donors (Lipinski definition) is 0. The number of rotatable bonds is 1. The van der Waals surface area contributed by atoms with Crippen LogP contribution in [0.3, 0.4) is 0 Å². The lowest BCUT2D eigenvalue weighted by molar-refractivity contribution is 0.738. The van der Waals surface area contributed by atoms with Gasteiger partial charge in [0.25, 0.3) is 0 Å². The van der Waals surface area contributed by atoms with Crippen LogP contribution in [-0.2, 0) is 5.41 Å². The van der Waals surface area contributed by atoms with E-state index in [-0.39, 0.29) is 0 Å². The minimum atomic E-state index is -0.396. The highest BCUT2D eigenvalue weighted by Crippen LogP contribution is 2.66. The zero-order valence-electron chi connectivity index (χ0n) is 20.2. The smallest absolute Gasteiger partial charge is 0.142 e. The van der Waals surface area contributed by atoms with Crippen molar-refractivity contribution in [2.75, 3.05) is 4.90 Å². The summed E-state index contributed by atoms with van der Waals surface area (Å²) in [5, 5.41) is 0. The molecule has 0 atom stereocenters. The molecular weight excluding hydrogens is 456 g/mol. The van der Waals surface area contributed by atoms with E-state index < -0.39 is 5.41 Å². The van der Waals surface area contributed by atoms with Crippen molar-refractivity contribution in [3.63, 3.8) is 0 Å². The van der Waals surface area contributed by atoms with Crippen LogP contribution in [0.25, 0.3) is 11.1 Å². The summed E-state index contributed by atoms with van der Waals surface area (Å²) in [4.78, 5) is 10.1. The van der Waals surface area contributed by atoms with Crippen molar-refractivity contribution >= 4 is 29.0 Å². The quantitative estimate of drug-likeness (QED) is 0.233. The van der Waals surface area contributed by atoms with Crippen molar-refractivity contribution < 1.29 is 0 Å². The molecule has 172 valence electrons. The van der Waals surface area contributed by atoms with Gasteiger partial charge in [-0.2, -0.15) is 0 Å². The van der Waals surface area contributed by atoms with Crippen molar-refractivity contribution in [1.29, 1.82) is 0 Å². The third kappa shape index (κ3) is 2.37. The molecule has 0 bridgehead atoms. The number of aromatic nitrogens is 1. The lowest BCUT2D eigenvalue weighted by Gasteiger charge is -2.46. The first-order valence-electron chi connectivity index (χ1n) is 12.6. The molecule has 0 amide bonds. The maximum atomic E-state index is 5.10. The third-order valence-corrected chi connectivity index (χ3v) is 9.21. The van der Waals surface area contributed by atoms with E-state index in [0.717, 1.165) is 5.82 Å². The molecule has 0 N–H and O–H groups in total. The molecule has 1 spiro atoms. The fraction of sp³-hybridized carbons (Fsp3) is 0.121. The second kappa shape index (κ2) is 7.11. The number of anilines is 3. The molecule has 8 rings (SSSR count). The van der Waals surface area contributed by atoms with Gasteiger partial charge in [-0.15, -0.1) is 0 Å². The van der Waals surface area contributed by atoms with Crippen LogP contribution < -0.4 is 4.90 Å². The second-order valence-electron chi connectivity index (χ2n) is 10.2. The minimum absolute atomic E-state index is 0.396. The fourth-order valence-corrected chi connectivity index (χ4v) is 7.65. The van der Waals surface area contributed by atoms with Crippen LogP contribution in [0.2, 0.25) is 0 Å². The summed E-state index contributed by atoms with van der Waals surface area (Å²) < 4.78 is 0. The summed E-state index contributed by atoms with van der Waals surface area (Å²) in [5.41, 5.74) is 11.4. The van der Waals surface area contributed by atoms with Crippen molar-refractivity contribution in [2.24, 2.45) is 0 Å². The number of benzene rings is 4. The van der Waals surface area contributed by atoms with Gasteiger partial charge in [0.2, 0.25) is 0 Å². The zero-order valence-corrected chi connectivity index (χ0v) is 21.0. The van der Waals surface area contributed by atoms with Gasteiger partial charge in [-0.3, -0.25) is 4.90 Å². The second-order valence-corrected chi connectivity index (χ2v) is 11.3. The highest BCUT2D eigenvalue weighted by atomic mass is 32.2. The predicted molar refractivity (Wildman–Crippen MR) is 148 cm³/mol. The Labute approximate surface area is 215 Å². The molecule has 3 aliphatic rings. The Morgan fingerprint density at radius 1 is 0.694 bits per heavy atom. The molecule has 0 saturated carbocycles. The normalized spacial score (nSPS) is 15.2. The average Bonchev–Trinajstić information content (AvgIpc) is 3.22. The number of nitrogens with zero attached hydrogens (tertiary/aromatic N) is 2. The Hall–Kier alpha value is -3.82. The maximum absolute atomic E-state index is 5.10. The summed E-state index contributed by atoms with van der Waals surface area (Å²) in [7, 11) is 0. The number of hydrogen-bond acceptors (Lipinski definition) is 3. The Bertz CT molecular complexity index is 1670. The number of pyridine rings is 1. The first-order valence-corrected chi connectivity index (χ1v) is 13.4. The number of fused-ring (bicyclic) bond motifs is 11. The molecule has 1 aliphatic carbocycles. The molecule has 0 fully saturated rings. The van der Waals surface area contributed by atoms with E-state index in [1.807, 2.05) is 18.0 Å². The molecule has 36 heavy (non-hydrogen) atoms. The lowest BCUT2D eigenvalue weighted by Crippen LogP contribution is -2.37. The summed E-state index contributed by atoms with van der Waals surface area (Å²) >= 11 is 1.88. The van der Waals surface area contributed by atoms with Crippen LogP contribution >= 0.6 is 11.8 Å². The Kier molecular flexibility index (Phi) is 4.03. The highest BCUT2D eigenvalue weighted by molar-refractivity contribution is 7.99. The molecule has 3 heterocycles. The van der Waals surface area contributed by atoms with E-state index >= 15 is 0 Å². The summed E-state index contributed by atoms with van der Waals surface area (Å²) in [5.74, 6) is 1.50. The van der Waals surface area contributed by atoms with Gasteiger partial charge in [0.15, 0.2) is 0 Å². The zero-order chi connectivity index (χ0) is 24.0. The summed E-state index contributed by atoms with van der Waals surface area (Å²) in [6.07, 6.45) is 1.95. The fourth-order valence-electron chi connectivity index (χ4n) is 6.58. The van der Waals surface area contributed by atoms with Gasteiger partial charge in [-0.05, 0) is 63.6 Å². The SMILES string of the molecule is CC(C)c1ccc2c(c1)N1c3ncccc3C3(c4ccccc4-c4ccccc43)c3cccc(c31)S2. The molecular formula is C33H24N2S. The van der Waals surface area contributed by atoms with Crippen LogP contribution in [0.15, 0.2) is 113 Å². The van der Waals surface area contributed by atoms with Crippen molar-refractivity contribution in [2.45, 2.75) is 35.0 Å². The first-order chi connectivity index (χ1) is 17.7. The molecule has 4 aromatic carbocycles. The van der Waals surface area contributed by atoms with E-state index in [1.54, 1.807) is 0 Å². The Morgan fingerprint density at radius 2 is 1.39 bits per heavy atom. The monoisotopic (exact) mass is 480 g/mol. The van der Waals surface area contributed by atoms with E-state index in [1.165, 1.54) is 60.1 Å². The summed E-state index contributed by atoms with van der Waals surface area (Å²) in [6.45, 7) is 4.53. The van der Waals surface area contributed by atoms with Crippen LogP contribution in [0, 0.1) is 0 Å². The standard InChI is InChI=1S/C33H24N2S/c1-20(2)21-16-17-29-28(19-21)35-31-26(13-7-15-30(31)36-29)33(27-14-8-18-34-32(27)35)24-11-5-3-9-22(24)23-10-4-6-12-25(23)33/h3-20H,1-2H3. The van der Waals surface area contributed by atoms with Gasteiger partial charge in [0.1, 0.15) is 5.82 Å². The van der Waals surface area contributed by atoms with E-state index in [9.17, 15) is 0 Å².